The Labute approximate surface area is 66.5 Å². The minimum atomic E-state index is 0.286. The number of hydrogen-bond acceptors (Lipinski definition) is 2. The number of aliphatic imine (C=N–C) groups is 1. The fourth-order valence-corrected chi connectivity index (χ4v) is 1.04. The van der Waals surface area contributed by atoms with E-state index in [1.165, 1.54) is 0 Å². The Kier molecular flexibility index (Phi) is 2.41. The van der Waals surface area contributed by atoms with E-state index in [9.17, 15) is 0 Å². The van der Waals surface area contributed by atoms with Gasteiger partial charge in [0.05, 0.1) is 0 Å². The highest BCUT2D eigenvalue weighted by Crippen LogP contribution is 2.12. The van der Waals surface area contributed by atoms with E-state index in [1.807, 2.05) is 0 Å². The van der Waals surface area contributed by atoms with Gasteiger partial charge in [-0.15, -0.1) is 0 Å². The van der Waals surface area contributed by atoms with E-state index in [0.29, 0.717) is 5.84 Å². The Bertz CT molecular complexity index is 225. The molecule has 0 aromatic heterocycles. The number of amidine groups is 2. The van der Waals surface area contributed by atoms with Crippen LogP contribution in [0, 0.1) is 5.41 Å². The molecular weight excluding hydrogens is 138 g/mol. The van der Waals surface area contributed by atoms with Crippen LogP contribution in [0.1, 0.15) is 26.2 Å². The first-order valence-electron chi connectivity index (χ1n) is 3.87. The second-order valence-corrected chi connectivity index (χ2v) is 2.66. The first kappa shape index (κ1) is 7.98. The molecule has 0 aliphatic carbocycles. The van der Waals surface area contributed by atoms with Crippen molar-refractivity contribution < 1.29 is 0 Å². The first-order chi connectivity index (χ1) is 5.24. The maximum Gasteiger partial charge on any atom is 0.147 e. The van der Waals surface area contributed by atoms with Gasteiger partial charge in [0.1, 0.15) is 11.7 Å². The average Bonchev–Trinajstić information content (AvgIpc) is 2.26. The molecule has 3 N–H and O–H groups in total. The lowest BCUT2D eigenvalue weighted by Gasteiger charge is -1.98. The Hall–Kier alpha value is -1.12. The van der Waals surface area contributed by atoms with Crippen molar-refractivity contribution in [3.63, 3.8) is 0 Å². The van der Waals surface area contributed by atoms with Crippen LogP contribution in [0.4, 0.5) is 0 Å². The summed E-state index contributed by atoms with van der Waals surface area (Å²) in [7, 11) is 0. The van der Waals surface area contributed by atoms with Gasteiger partial charge in [-0.05, 0) is 24.5 Å². The Balaban J connectivity index is 2.53. The standard InChI is InChI=1S/C8H13N3/c1-2-3-4-6-5-7(9)11-8(6)10/h5H,2-4H2,1H3,(H3,9,10,11). The van der Waals surface area contributed by atoms with Crippen LogP contribution in [0.3, 0.4) is 0 Å². The fourth-order valence-electron chi connectivity index (χ4n) is 1.04. The molecule has 0 aromatic carbocycles. The zero-order valence-electron chi connectivity index (χ0n) is 6.72. The van der Waals surface area contributed by atoms with Crippen LogP contribution < -0.4 is 5.73 Å². The summed E-state index contributed by atoms with van der Waals surface area (Å²) in [6.45, 7) is 2.13. The molecule has 0 aromatic rings. The van der Waals surface area contributed by atoms with E-state index < -0.39 is 0 Å². The number of hydrogen-bond donors (Lipinski definition) is 2. The molecule has 1 aliphatic rings. The molecule has 0 bridgehead atoms. The topological polar surface area (TPSA) is 62.2 Å². The lowest BCUT2D eigenvalue weighted by atomic mass is 10.1. The first-order valence-corrected chi connectivity index (χ1v) is 3.87. The molecule has 0 fully saturated rings. The molecule has 60 valence electrons. The number of nitrogens with one attached hydrogen (secondary N) is 1. The normalized spacial score (nSPS) is 16.6. The van der Waals surface area contributed by atoms with E-state index >= 15 is 0 Å². The SMILES string of the molecule is CCCCC1=CC(=N)N=C1N. The second kappa shape index (κ2) is 3.32. The van der Waals surface area contributed by atoms with Gasteiger partial charge in [-0.3, -0.25) is 5.41 Å². The Morgan fingerprint density at radius 1 is 1.64 bits per heavy atom. The van der Waals surface area contributed by atoms with Crippen LogP contribution in [-0.4, -0.2) is 11.7 Å². The largest absolute Gasteiger partial charge is 0.383 e. The molecule has 0 saturated carbocycles. The van der Waals surface area contributed by atoms with Gasteiger partial charge in [0.2, 0.25) is 0 Å². The summed E-state index contributed by atoms with van der Waals surface area (Å²) in [4.78, 5) is 3.81. The Morgan fingerprint density at radius 2 is 2.36 bits per heavy atom. The van der Waals surface area contributed by atoms with Crippen molar-refractivity contribution in [2.75, 3.05) is 0 Å². The summed E-state index contributed by atoms with van der Waals surface area (Å²) in [5, 5.41) is 7.20. The predicted molar refractivity (Wildman–Crippen MR) is 47.0 cm³/mol. The van der Waals surface area contributed by atoms with Gasteiger partial charge in [0.15, 0.2) is 0 Å². The molecule has 0 amide bonds. The van der Waals surface area contributed by atoms with Crippen molar-refractivity contribution in [1.82, 2.24) is 0 Å². The second-order valence-electron chi connectivity index (χ2n) is 2.66. The van der Waals surface area contributed by atoms with Gasteiger partial charge >= 0.3 is 0 Å². The number of nitrogens with two attached hydrogens (primary N) is 1. The molecule has 11 heavy (non-hydrogen) atoms. The highest BCUT2D eigenvalue weighted by atomic mass is 14.9. The minimum absolute atomic E-state index is 0.286. The molecule has 0 spiro atoms. The van der Waals surface area contributed by atoms with Gasteiger partial charge in [-0.25, -0.2) is 4.99 Å². The van der Waals surface area contributed by atoms with Gasteiger partial charge in [-0.1, -0.05) is 13.3 Å². The van der Waals surface area contributed by atoms with E-state index in [4.69, 9.17) is 11.1 Å². The average molecular weight is 151 g/mol. The van der Waals surface area contributed by atoms with Crippen molar-refractivity contribution in [2.45, 2.75) is 26.2 Å². The zero-order valence-corrected chi connectivity index (χ0v) is 6.72. The van der Waals surface area contributed by atoms with Crippen LogP contribution in [0.15, 0.2) is 16.6 Å². The zero-order chi connectivity index (χ0) is 8.27. The van der Waals surface area contributed by atoms with Crippen LogP contribution in [0.2, 0.25) is 0 Å². The molecule has 0 radical (unpaired) electrons. The van der Waals surface area contributed by atoms with Crippen molar-refractivity contribution >= 4 is 11.7 Å². The predicted octanol–water partition coefficient (Wildman–Crippen LogP) is 1.45. The molecule has 3 nitrogen and oxygen atoms in total. The lowest BCUT2D eigenvalue weighted by Crippen LogP contribution is -2.11. The third-order valence-corrected chi connectivity index (χ3v) is 1.68. The fraction of sp³-hybridized carbons (Fsp3) is 0.500. The summed E-state index contributed by atoms with van der Waals surface area (Å²) in [6, 6.07) is 0. The van der Waals surface area contributed by atoms with Crippen molar-refractivity contribution in [3.05, 3.63) is 11.6 Å². The molecule has 1 heterocycles. The van der Waals surface area contributed by atoms with E-state index in [0.717, 1.165) is 24.8 Å². The molecule has 3 heteroatoms. The molecule has 0 unspecified atom stereocenters. The summed E-state index contributed by atoms with van der Waals surface area (Å²) < 4.78 is 0. The van der Waals surface area contributed by atoms with Gasteiger partial charge in [0.25, 0.3) is 0 Å². The summed E-state index contributed by atoms with van der Waals surface area (Å²) >= 11 is 0. The van der Waals surface area contributed by atoms with Crippen molar-refractivity contribution in [1.29, 1.82) is 5.41 Å². The third kappa shape index (κ3) is 1.90. The maximum atomic E-state index is 7.20. The molecule has 1 aliphatic heterocycles. The Morgan fingerprint density at radius 3 is 2.82 bits per heavy atom. The third-order valence-electron chi connectivity index (χ3n) is 1.68. The van der Waals surface area contributed by atoms with Crippen LogP contribution in [0.5, 0.6) is 0 Å². The van der Waals surface area contributed by atoms with E-state index in [2.05, 4.69) is 11.9 Å². The van der Waals surface area contributed by atoms with E-state index in [-0.39, 0.29) is 5.84 Å². The molecule has 0 saturated heterocycles. The molecular formula is C8H13N3. The summed E-state index contributed by atoms with van der Waals surface area (Å²) in [6.07, 6.45) is 4.96. The smallest absolute Gasteiger partial charge is 0.147 e. The van der Waals surface area contributed by atoms with Crippen molar-refractivity contribution in [3.8, 4) is 0 Å². The maximum absolute atomic E-state index is 7.20. The van der Waals surface area contributed by atoms with E-state index in [1.54, 1.807) is 6.08 Å². The van der Waals surface area contributed by atoms with Gasteiger partial charge < -0.3 is 5.73 Å². The summed E-state index contributed by atoms with van der Waals surface area (Å²) in [5.74, 6) is 0.817. The number of unbranched alkanes of at least 4 members (excludes halogenated alkanes) is 1. The molecule has 0 atom stereocenters. The molecule has 1 rings (SSSR count). The van der Waals surface area contributed by atoms with Crippen molar-refractivity contribution in [2.24, 2.45) is 10.7 Å². The highest BCUT2D eigenvalue weighted by Gasteiger charge is 2.10. The highest BCUT2D eigenvalue weighted by molar-refractivity contribution is 6.15. The van der Waals surface area contributed by atoms with Crippen LogP contribution in [0.25, 0.3) is 0 Å². The summed E-state index contributed by atoms with van der Waals surface area (Å²) in [5.41, 5.74) is 6.58. The van der Waals surface area contributed by atoms with Crippen LogP contribution in [-0.2, 0) is 0 Å². The minimum Gasteiger partial charge on any atom is -0.383 e. The quantitative estimate of drug-likeness (QED) is 0.630. The van der Waals surface area contributed by atoms with Gasteiger partial charge in [0, 0.05) is 0 Å². The van der Waals surface area contributed by atoms with Crippen LogP contribution >= 0.6 is 0 Å². The van der Waals surface area contributed by atoms with Gasteiger partial charge in [-0.2, -0.15) is 0 Å². The lowest BCUT2D eigenvalue weighted by molar-refractivity contribution is 0.803. The number of rotatable bonds is 3. The number of nitrogens with zero attached hydrogens (tertiary/aromatic N) is 1. The monoisotopic (exact) mass is 151 g/mol.